The summed E-state index contributed by atoms with van der Waals surface area (Å²) < 4.78 is 0. The lowest BCUT2D eigenvalue weighted by molar-refractivity contribution is 0.0963. The van der Waals surface area contributed by atoms with Gasteiger partial charge in [-0.15, -0.1) is 11.3 Å². The van der Waals surface area contributed by atoms with Gasteiger partial charge in [0, 0.05) is 17.3 Å². The molecule has 1 aliphatic carbocycles. The first-order chi connectivity index (χ1) is 7.38. The molecule has 0 bridgehead atoms. The number of carbonyl (C=O) groups is 1. The zero-order chi connectivity index (χ0) is 12.1. The molecule has 3 nitrogen and oxygen atoms in total. The molecule has 2 rings (SSSR count). The Morgan fingerprint density at radius 1 is 1.56 bits per heavy atom. The van der Waals surface area contributed by atoms with Crippen molar-refractivity contribution in [2.45, 2.75) is 38.5 Å². The standard InChI is InChI=1S/C12H18N2OS/c1-6-5-12(2,3)9-7(6)8(10(13)16-9)11(15)14-4/h6H,5,13H2,1-4H3,(H,14,15). The van der Waals surface area contributed by atoms with Crippen LogP contribution in [0, 0.1) is 0 Å². The first-order valence-electron chi connectivity index (χ1n) is 5.53. The Morgan fingerprint density at radius 3 is 2.75 bits per heavy atom. The molecular weight excluding hydrogens is 220 g/mol. The van der Waals surface area contributed by atoms with Crippen LogP contribution in [-0.2, 0) is 5.41 Å². The maximum Gasteiger partial charge on any atom is 0.254 e. The van der Waals surface area contributed by atoms with E-state index in [1.165, 1.54) is 10.4 Å². The van der Waals surface area contributed by atoms with Gasteiger partial charge in [0.2, 0.25) is 0 Å². The fourth-order valence-electron chi connectivity index (χ4n) is 2.75. The number of nitrogen functional groups attached to an aromatic ring is 1. The molecule has 16 heavy (non-hydrogen) atoms. The predicted molar refractivity (Wildman–Crippen MR) is 68.2 cm³/mol. The van der Waals surface area contributed by atoms with Crippen LogP contribution in [0.4, 0.5) is 5.00 Å². The van der Waals surface area contributed by atoms with Gasteiger partial charge in [-0.1, -0.05) is 20.8 Å². The van der Waals surface area contributed by atoms with Gasteiger partial charge >= 0.3 is 0 Å². The van der Waals surface area contributed by atoms with E-state index in [-0.39, 0.29) is 11.3 Å². The second kappa shape index (κ2) is 3.48. The van der Waals surface area contributed by atoms with Gasteiger partial charge in [-0.25, -0.2) is 0 Å². The average Bonchev–Trinajstić information content (AvgIpc) is 2.63. The third-order valence-corrected chi connectivity index (χ3v) is 4.75. The number of hydrogen-bond donors (Lipinski definition) is 2. The van der Waals surface area contributed by atoms with E-state index in [0.29, 0.717) is 16.5 Å². The van der Waals surface area contributed by atoms with E-state index in [1.54, 1.807) is 18.4 Å². The maximum absolute atomic E-state index is 11.8. The van der Waals surface area contributed by atoms with Crippen LogP contribution in [0.1, 0.15) is 53.9 Å². The molecule has 88 valence electrons. The third kappa shape index (κ3) is 1.44. The van der Waals surface area contributed by atoms with Crippen LogP contribution in [-0.4, -0.2) is 13.0 Å². The summed E-state index contributed by atoms with van der Waals surface area (Å²) in [5.41, 5.74) is 8.00. The first-order valence-corrected chi connectivity index (χ1v) is 6.35. The first kappa shape index (κ1) is 11.5. The zero-order valence-corrected chi connectivity index (χ0v) is 11.0. The molecule has 0 saturated carbocycles. The SMILES string of the molecule is CNC(=O)c1c(N)sc2c1C(C)CC2(C)C. The Labute approximate surface area is 100 Å². The van der Waals surface area contributed by atoms with Gasteiger partial charge in [0.25, 0.3) is 5.91 Å². The fraction of sp³-hybridized carbons (Fsp3) is 0.583. The van der Waals surface area contributed by atoms with Crippen molar-refractivity contribution in [1.29, 1.82) is 0 Å². The van der Waals surface area contributed by atoms with Crippen LogP contribution in [0.15, 0.2) is 0 Å². The van der Waals surface area contributed by atoms with Gasteiger partial charge in [0.15, 0.2) is 0 Å². The topological polar surface area (TPSA) is 55.1 Å². The smallest absolute Gasteiger partial charge is 0.254 e. The molecule has 1 atom stereocenters. The van der Waals surface area contributed by atoms with Crippen molar-refractivity contribution in [2.75, 3.05) is 12.8 Å². The minimum absolute atomic E-state index is 0.0560. The lowest BCUT2D eigenvalue weighted by atomic mass is 9.91. The van der Waals surface area contributed by atoms with E-state index in [4.69, 9.17) is 5.73 Å². The molecule has 0 radical (unpaired) electrons. The molecule has 0 saturated heterocycles. The van der Waals surface area contributed by atoms with Crippen LogP contribution in [0.25, 0.3) is 0 Å². The van der Waals surface area contributed by atoms with E-state index in [9.17, 15) is 4.79 Å². The number of amides is 1. The molecule has 1 unspecified atom stereocenters. The Morgan fingerprint density at radius 2 is 2.19 bits per heavy atom. The molecule has 0 spiro atoms. The number of nitrogens with two attached hydrogens (primary N) is 1. The highest BCUT2D eigenvalue weighted by molar-refractivity contribution is 7.16. The lowest BCUT2D eigenvalue weighted by Gasteiger charge is -2.17. The second-order valence-electron chi connectivity index (χ2n) is 5.15. The minimum Gasteiger partial charge on any atom is -0.390 e. The van der Waals surface area contributed by atoms with Gasteiger partial charge in [-0.3, -0.25) is 4.79 Å². The van der Waals surface area contributed by atoms with E-state index >= 15 is 0 Å². The van der Waals surface area contributed by atoms with E-state index in [0.717, 1.165) is 6.42 Å². The number of carbonyl (C=O) groups excluding carboxylic acids is 1. The maximum atomic E-state index is 11.8. The van der Waals surface area contributed by atoms with Gasteiger partial charge < -0.3 is 11.1 Å². The van der Waals surface area contributed by atoms with E-state index in [2.05, 4.69) is 26.1 Å². The summed E-state index contributed by atoms with van der Waals surface area (Å²) in [7, 11) is 1.65. The third-order valence-electron chi connectivity index (χ3n) is 3.35. The molecule has 1 amide bonds. The number of nitrogens with one attached hydrogen (secondary N) is 1. The number of anilines is 1. The number of hydrogen-bond acceptors (Lipinski definition) is 3. The van der Waals surface area contributed by atoms with Gasteiger partial charge in [0.05, 0.1) is 10.6 Å². The summed E-state index contributed by atoms with van der Waals surface area (Å²) in [6.07, 6.45) is 1.10. The average molecular weight is 238 g/mol. The summed E-state index contributed by atoms with van der Waals surface area (Å²) in [5, 5.41) is 3.33. The Hall–Kier alpha value is -1.03. The van der Waals surface area contributed by atoms with Crippen molar-refractivity contribution in [3.05, 3.63) is 16.0 Å². The van der Waals surface area contributed by atoms with Crippen LogP contribution < -0.4 is 11.1 Å². The van der Waals surface area contributed by atoms with Crippen LogP contribution in [0.2, 0.25) is 0 Å². The number of thiophene rings is 1. The normalized spacial score (nSPS) is 21.9. The number of rotatable bonds is 1. The van der Waals surface area contributed by atoms with Crippen molar-refractivity contribution in [3.8, 4) is 0 Å². The van der Waals surface area contributed by atoms with Crippen molar-refractivity contribution in [2.24, 2.45) is 0 Å². The number of fused-ring (bicyclic) bond motifs is 1. The Kier molecular flexibility index (Phi) is 2.49. The monoisotopic (exact) mass is 238 g/mol. The molecule has 1 aromatic heterocycles. The molecular formula is C12H18N2OS. The summed E-state index contributed by atoms with van der Waals surface area (Å²) >= 11 is 1.57. The van der Waals surface area contributed by atoms with E-state index in [1.807, 2.05) is 0 Å². The van der Waals surface area contributed by atoms with Crippen molar-refractivity contribution in [1.82, 2.24) is 5.32 Å². The van der Waals surface area contributed by atoms with Gasteiger partial charge in [-0.05, 0) is 17.9 Å². The molecule has 1 heterocycles. The summed E-state index contributed by atoms with van der Waals surface area (Å²) in [6.45, 7) is 6.62. The molecule has 1 aliphatic rings. The molecule has 0 fully saturated rings. The Balaban J connectivity index is 2.63. The summed E-state index contributed by atoms with van der Waals surface area (Å²) in [6, 6.07) is 0. The highest BCUT2D eigenvalue weighted by Crippen LogP contribution is 2.52. The highest BCUT2D eigenvalue weighted by atomic mass is 32.1. The molecule has 3 N–H and O–H groups in total. The lowest BCUT2D eigenvalue weighted by Crippen LogP contribution is -2.20. The van der Waals surface area contributed by atoms with Crippen LogP contribution in [0.5, 0.6) is 0 Å². The van der Waals surface area contributed by atoms with Crippen LogP contribution >= 0.6 is 11.3 Å². The quantitative estimate of drug-likeness (QED) is 0.789. The Bertz CT molecular complexity index is 448. The predicted octanol–water partition coefficient (Wildman–Crippen LogP) is 2.47. The highest BCUT2D eigenvalue weighted by Gasteiger charge is 2.40. The van der Waals surface area contributed by atoms with Gasteiger partial charge in [-0.2, -0.15) is 0 Å². The largest absolute Gasteiger partial charge is 0.390 e. The van der Waals surface area contributed by atoms with Crippen molar-refractivity contribution in [3.63, 3.8) is 0 Å². The summed E-state index contributed by atoms with van der Waals surface area (Å²) in [5.74, 6) is 0.366. The molecule has 1 aromatic rings. The minimum atomic E-state index is -0.0560. The van der Waals surface area contributed by atoms with Gasteiger partial charge in [0.1, 0.15) is 0 Å². The molecule has 0 aromatic carbocycles. The van der Waals surface area contributed by atoms with Crippen molar-refractivity contribution >= 4 is 22.2 Å². The molecule has 4 heteroatoms. The second-order valence-corrected chi connectivity index (χ2v) is 6.20. The zero-order valence-electron chi connectivity index (χ0n) is 10.2. The van der Waals surface area contributed by atoms with E-state index < -0.39 is 0 Å². The van der Waals surface area contributed by atoms with Crippen molar-refractivity contribution < 1.29 is 4.79 Å². The van der Waals surface area contributed by atoms with Crippen LogP contribution in [0.3, 0.4) is 0 Å². The fourth-order valence-corrected chi connectivity index (χ4v) is 4.05. The molecule has 0 aliphatic heterocycles. The summed E-state index contributed by atoms with van der Waals surface area (Å²) in [4.78, 5) is 13.1.